The molecule has 4 aromatic carbocycles. The first kappa shape index (κ1) is 30.2. The van der Waals surface area contributed by atoms with Crippen LogP contribution in [-0.2, 0) is 10.1 Å². The number of nitrogens with zero attached hydrogens (tertiary/aromatic N) is 1. The number of fused-ring (bicyclic) bond motifs is 1. The molecule has 0 aliphatic heterocycles. The predicted molar refractivity (Wildman–Crippen MR) is 161 cm³/mol. The molecule has 0 unspecified atom stereocenters. The standard InChI is InChI=1S/C24H27ClN2O.C7H8O3S/c1-16(2)21-15-22(25)17(3)13-23(21)28-12-6-11-27-24(26)20-10-9-18-7-4-5-8-19(18)14-20;1-6-2-4-7(5-3-6)11(8,9)10/h4-5,7-10,13-16H,6,11-12H2,1-3H3,(H2,26,27);2-5H,1H3,(H,8,9,10). The number of aliphatic imine (C=N–C) groups is 1. The Morgan fingerprint density at radius 2 is 1.64 bits per heavy atom. The summed E-state index contributed by atoms with van der Waals surface area (Å²) >= 11 is 6.26. The van der Waals surface area contributed by atoms with E-state index in [1.165, 1.54) is 22.9 Å². The topological polar surface area (TPSA) is 102 Å². The number of rotatable bonds is 8. The molecule has 0 aliphatic rings. The minimum absolute atomic E-state index is 0.0666. The molecule has 8 heteroatoms. The van der Waals surface area contributed by atoms with E-state index in [1.54, 1.807) is 12.1 Å². The number of hydrogen-bond acceptors (Lipinski definition) is 4. The second-order valence-corrected chi connectivity index (χ2v) is 11.4. The zero-order valence-corrected chi connectivity index (χ0v) is 24.3. The Bertz CT molecular complexity index is 1550. The number of aryl methyl sites for hydroxylation is 2. The molecule has 0 saturated carbocycles. The Morgan fingerprint density at radius 1 is 0.974 bits per heavy atom. The molecule has 0 aliphatic carbocycles. The highest BCUT2D eigenvalue weighted by atomic mass is 35.5. The van der Waals surface area contributed by atoms with Gasteiger partial charge in [0.05, 0.1) is 11.5 Å². The summed E-state index contributed by atoms with van der Waals surface area (Å²) in [6.45, 7) is 9.34. The first-order chi connectivity index (χ1) is 18.5. The summed E-state index contributed by atoms with van der Waals surface area (Å²) in [6, 6.07) is 24.4. The molecule has 0 aromatic heterocycles. The molecule has 0 fully saturated rings. The van der Waals surface area contributed by atoms with Crippen LogP contribution in [0.25, 0.3) is 10.8 Å². The van der Waals surface area contributed by atoms with Crippen molar-refractivity contribution in [3.05, 3.63) is 106 Å². The first-order valence-corrected chi connectivity index (χ1v) is 14.5. The van der Waals surface area contributed by atoms with Gasteiger partial charge in [0, 0.05) is 23.6 Å². The highest BCUT2D eigenvalue weighted by Gasteiger charge is 2.11. The molecule has 0 saturated heterocycles. The minimum atomic E-state index is -4.02. The van der Waals surface area contributed by atoms with Gasteiger partial charge in [-0.25, -0.2) is 0 Å². The summed E-state index contributed by atoms with van der Waals surface area (Å²) in [7, 11) is -4.02. The first-order valence-electron chi connectivity index (χ1n) is 12.7. The van der Waals surface area contributed by atoms with Crippen molar-refractivity contribution < 1.29 is 17.7 Å². The second kappa shape index (κ2) is 13.6. The fourth-order valence-electron chi connectivity index (χ4n) is 3.84. The normalized spacial score (nSPS) is 11.8. The van der Waals surface area contributed by atoms with Crippen LogP contribution in [0.4, 0.5) is 0 Å². The van der Waals surface area contributed by atoms with Gasteiger partial charge in [-0.2, -0.15) is 8.42 Å². The average molecular weight is 567 g/mol. The molecule has 0 amide bonds. The monoisotopic (exact) mass is 566 g/mol. The highest BCUT2D eigenvalue weighted by molar-refractivity contribution is 7.85. The highest BCUT2D eigenvalue weighted by Crippen LogP contribution is 2.32. The second-order valence-electron chi connectivity index (χ2n) is 9.61. The summed E-state index contributed by atoms with van der Waals surface area (Å²) in [4.78, 5) is 4.45. The van der Waals surface area contributed by atoms with Gasteiger partial charge >= 0.3 is 0 Å². The lowest BCUT2D eigenvalue weighted by atomic mass is 10.0. The molecular formula is C31H35ClN2O4S. The van der Waals surface area contributed by atoms with Crippen molar-refractivity contribution in [2.24, 2.45) is 10.7 Å². The number of halogens is 1. The van der Waals surface area contributed by atoms with Gasteiger partial charge in [0.1, 0.15) is 11.6 Å². The van der Waals surface area contributed by atoms with Gasteiger partial charge in [-0.3, -0.25) is 9.55 Å². The van der Waals surface area contributed by atoms with Crippen LogP contribution in [0.3, 0.4) is 0 Å². The maximum Gasteiger partial charge on any atom is 0.294 e. The predicted octanol–water partition coefficient (Wildman–Crippen LogP) is 7.34. The van der Waals surface area contributed by atoms with Crippen molar-refractivity contribution in [2.45, 2.75) is 44.9 Å². The molecule has 0 spiro atoms. The molecule has 39 heavy (non-hydrogen) atoms. The summed E-state index contributed by atoms with van der Waals surface area (Å²) in [5, 5.41) is 3.15. The van der Waals surface area contributed by atoms with Gasteiger partial charge in [-0.1, -0.05) is 79.5 Å². The van der Waals surface area contributed by atoms with E-state index in [-0.39, 0.29) is 4.90 Å². The van der Waals surface area contributed by atoms with E-state index < -0.39 is 10.1 Å². The van der Waals surface area contributed by atoms with Crippen molar-refractivity contribution >= 4 is 38.3 Å². The lowest BCUT2D eigenvalue weighted by Crippen LogP contribution is -2.14. The Morgan fingerprint density at radius 3 is 2.28 bits per heavy atom. The molecule has 0 radical (unpaired) electrons. The number of amidine groups is 1. The van der Waals surface area contributed by atoms with Crippen molar-refractivity contribution in [1.29, 1.82) is 0 Å². The number of nitrogens with two attached hydrogens (primary N) is 1. The van der Waals surface area contributed by atoms with Gasteiger partial charge in [-0.05, 0) is 72.0 Å². The summed E-state index contributed by atoms with van der Waals surface area (Å²) in [6.07, 6.45) is 0.799. The Hall–Kier alpha value is -3.39. The lowest BCUT2D eigenvalue weighted by molar-refractivity contribution is 0.309. The average Bonchev–Trinajstić information content (AvgIpc) is 2.89. The maximum absolute atomic E-state index is 10.5. The van der Waals surface area contributed by atoms with Gasteiger partial charge < -0.3 is 10.5 Å². The third-order valence-electron chi connectivity index (χ3n) is 6.12. The number of benzene rings is 4. The number of hydrogen-bond donors (Lipinski definition) is 2. The van der Waals surface area contributed by atoms with E-state index in [1.807, 2.05) is 44.2 Å². The summed E-state index contributed by atoms with van der Waals surface area (Å²) in [5.41, 5.74) is 10.2. The summed E-state index contributed by atoms with van der Waals surface area (Å²) in [5.74, 6) is 1.83. The SMILES string of the molecule is Cc1cc(OCCCN=C(N)c2ccc3ccccc3c2)c(C(C)C)cc1Cl.Cc1ccc(S(=O)(=O)O)cc1. The van der Waals surface area contributed by atoms with Crippen molar-refractivity contribution in [3.8, 4) is 5.75 Å². The molecule has 6 nitrogen and oxygen atoms in total. The van der Waals surface area contributed by atoms with Gasteiger partial charge in [0.15, 0.2) is 0 Å². The Balaban J connectivity index is 0.000000320. The molecular weight excluding hydrogens is 532 g/mol. The van der Waals surface area contributed by atoms with Gasteiger partial charge in [0.2, 0.25) is 0 Å². The molecule has 3 N–H and O–H groups in total. The van der Waals surface area contributed by atoms with E-state index in [9.17, 15) is 8.42 Å². The smallest absolute Gasteiger partial charge is 0.294 e. The van der Waals surface area contributed by atoms with Crippen LogP contribution in [0.5, 0.6) is 5.75 Å². The van der Waals surface area contributed by atoms with Crippen LogP contribution in [0.1, 0.15) is 48.4 Å². The van der Waals surface area contributed by atoms with E-state index in [0.29, 0.717) is 24.9 Å². The van der Waals surface area contributed by atoms with Crippen LogP contribution < -0.4 is 10.5 Å². The van der Waals surface area contributed by atoms with E-state index in [2.05, 4.69) is 43.1 Å². The van der Waals surface area contributed by atoms with Crippen LogP contribution in [-0.4, -0.2) is 32.0 Å². The van der Waals surface area contributed by atoms with Crippen LogP contribution in [0, 0.1) is 13.8 Å². The van der Waals surface area contributed by atoms with Gasteiger partial charge in [0.25, 0.3) is 10.1 Å². The maximum atomic E-state index is 10.5. The molecule has 0 heterocycles. The molecule has 206 valence electrons. The van der Waals surface area contributed by atoms with Crippen molar-refractivity contribution in [2.75, 3.05) is 13.2 Å². The molecule has 0 bridgehead atoms. The summed E-state index contributed by atoms with van der Waals surface area (Å²) < 4.78 is 35.6. The third kappa shape index (κ3) is 8.82. The zero-order chi connectivity index (χ0) is 28.6. The van der Waals surface area contributed by atoms with Crippen LogP contribution in [0.15, 0.2) is 88.8 Å². The Labute approximate surface area is 236 Å². The molecule has 4 aromatic rings. The molecule has 4 rings (SSSR count). The fraction of sp³-hybridized carbons (Fsp3) is 0.258. The van der Waals surface area contributed by atoms with E-state index in [0.717, 1.165) is 39.4 Å². The zero-order valence-electron chi connectivity index (χ0n) is 22.7. The largest absolute Gasteiger partial charge is 0.493 e. The minimum Gasteiger partial charge on any atom is -0.493 e. The van der Waals surface area contributed by atoms with Crippen LogP contribution >= 0.6 is 11.6 Å². The number of ether oxygens (including phenoxy) is 1. The third-order valence-corrected chi connectivity index (χ3v) is 7.39. The van der Waals surface area contributed by atoms with E-state index >= 15 is 0 Å². The van der Waals surface area contributed by atoms with Crippen LogP contribution in [0.2, 0.25) is 5.02 Å². The molecule has 0 atom stereocenters. The Kier molecular flexibility index (Phi) is 10.5. The van der Waals surface area contributed by atoms with E-state index in [4.69, 9.17) is 26.6 Å². The van der Waals surface area contributed by atoms with Crippen molar-refractivity contribution in [3.63, 3.8) is 0 Å². The van der Waals surface area contributed by atoms with Gasteiger partial charge in [-0.15, -0.1) is 0 Å². The lowest BCUT2D eigenvalue weighted by Gasteiger charge is -2.15. The fourth-order valence-corrected chi connectivity index (χ4v) is 4.50. The quantitative estimate of drug-likeness (QED) is 0.100. The van der Waals surface area contributed by atoms with Crippen molar-refractivity contribution in [1.82, 2.24) is 0 Å².